The van der Waals surface area contributed by atoms with Gasteiger partial charge in [-0.15, -0.1) is 0 Å². The van der Waals surface area contributed by atoms with Gasteiger partial charge in [0.15, 0.2) is 0 Å². The van der Waals surface area contributed by atoms with Crippen LogP contribution in [0.1, 0.15) is 13.3 Å². The number of aromatic nitrogens is 1. The molecule has 1 N–H and O–H groups in total. The van der Waals surface area contributed by atoms with Gasteiger partial charge in [0.05, 0.1) is 0 Å². The third-order valence-corrected chi connectivity index (χ3v) is 2.10. The Morgan fingerprint density at radius 3 is 2.65 bits per heavy atom. The number of pyridine rings is 1. The molecule has 1 aromatic heterocycles. The van der Waals surface area contributed by atoms with Crippen LogP contribution < -0.4 is 10.2 Å². The molecule has 3 nitrogen and oxygen atoms in total. The van der Waals surface area contributed by atoms with Crippen LogP contribution in [0.5, 0.6) is 0 Å². The lowest BCUT2D eigenvalue weighted by atomic mass is 10.4. The largest absolute Gasteiger partial charge is 0.405 e. The Hall–Kier alpha value is -1.46. The smallest absolute Gasteiger partial charge is 0.370 e. The van der Waals surface area contributed by atoms with E-state index in [4.69, 9.17) is 0 Å². The van der Waals surface area contributed by atoms with Gasteiger partial charge in [0.2, 0.25) is 0 Å². The molecule has 0 atom stereocenters. The van der Waals surface area contributed by atoms with Gasteiger partial charge in [-0.3, -0.25) is 0 Å². The Kier molecular flexibility index (Phi) is 4.60. The monoisotopic (exact) mass is 247 g/mol. The molecule has 6 heteroatoms. The van der Waals surface area contributed by atoms with Gasteiger partial charge in [-0.05, 0) is 18.6 Å². The van der Waals surface area contributed by atoms with Crippen LogP contribution in [0.3, 0.4) is 0 Å². The van der Waals surface area contributed by atoms with E-state index in [1.165, 1.54) is 7.05 Å². The number of rotatable bonds is 5. The van der Waals surface area contributed by atoms with Crippen molar-refractivity contribution < 1.29 is 13.2 Å². The first kappa shape index (κ1) is 13.6. The Balaban J connectivity index is 2.70. The maximum absolute atomic E-state index is 12.2. The SMILES string of the molecule is CCCNc1cccc(N(C)CC(F)(F)F)n1. The van der Waals surface area contributed by atoms with Crippen LogP contribution in [0, 0.1) is 0 Å². The predicted octanol–water partition coefficient (Wildman–Crippen LogP) is 2.90. The quantitative estimate of drug-likeness (QED) is 0.867. The minimum absolute atomic E-state index is 0.309. The zero-order chi connectivity index (χ0) is 12.9. The lowest BCUT2D eigenvalue weighted by Crippen LogP contribution is -2.31. The van der Waals surface area contributed by atoms with Crippen molar-refractivity contribution in [1.29, 1.82) is 0 Å². The van der Waals surface area contributed by atoms with Crippen LogP contribution in [0.2, 0.25) is 0 Å². The molecular weight excluding hydrogens is 231 g/mol. The van der Waals surface area contributed by atoms with Gasteiger partial charge in [-0.1, -0.05) is 13.0 Å². The number of hydrogen-bond donors (Lipinski definition) is 1. The first-order valence-electron chi connectivity index (χ1n) is 5.41. The number of anilines is 2. The van der Waals surface area contributed by atoms with Crippen LogP contribution in [-0.2, 0) is 0 Å². The first-order chi connectivity index (χ1) is 7.92. The maximum Gasteiger partial charge on any atom is 0.405 e. The third-order valence-electron chi connectivity index (χ3n) is 2.10. The van der Waals surface area contributed by atoms with Crippen LogP contribution in [0.25, 0.3) is 0 Å². The van der Waals surface area contributed by atoms with Crippen molar-refractivity contribution in [3.63, 3.8) is 0 Å². The number of hydrogen-bond acceptors (Lipinski definition) is 3. The maximum atomic E-state index is 12.2. The average molecular weight is 247 g/mol. The fourth-order valence-corrected chi connectivity index (χ4v) is 1.34. The fourth-order valence-electron chi connectivity index (χ4n) is 1.34. The topological polar surface area (TPSA) is 28.2 Å². The summed E-state index contributed by atoms with van der Waals surface area (Å²) >= 11 is 0. The van der Waals surface area contributed by atoms with Crippen molar-refractivity contribution in [1.82, 2.24) is 4.98 Å². The van der Waals surface area contributed by atoms with Gasteiger partial charge in [0.25, 0.3) is 0 Å². The summed E-state index contributed by atoms with van der Waals surface area (Å²) in [5, 5.41) is 3.03. The molecule has 96 valence electrons. The lowest BCUT2D eigenvalue weighted by molar-refractivity contribution is -0.119. The van der Waals surface area contributed by atoms with E-state index >= 15 is 0 Å². The third kappa shape index (κ3) is 4.93. The summed E-state index contributed by atoms with van der Waals surface area (Å²) in [5.41, 5.74) is 0. The molecule has 0 aliphatic rings. The molecule has 0 aliphatic carbocycles. The summed E-state index contributed by atoms with van der Waals surface area (Å²) in [6, 6.07) is 4.98. The van der Waals surface area contributed by atoms with E-state index in [2.05, 4.69) is 10.3 Å². The summed E-state index contributed by atoms with van der Waals surface area (Å²) in [6.45, 7) is 1.75. The van der Waals surface area contributed by atoms with E-state index in [9.17, 15) is 13.2 Å². The molecule has 1 rings (SSSR count). The molecule has 0 saturated heterocycles. The molecule has 0 radical (unpaired) electrons. The Labute approximate surface area is 98.6 Å². The van der Waals surface area contributed by atoms with Gasteiger partial charge < -0.3 is 10.2 Å². The highest BCUT2D eigenvalue weighted by Gasteiger charge is 2.29. The van der Waals surface area contributed by atoms with E-state index in [0.717, 1.165) is 17.9 Å². The van der Waals surface area contributed by atoms with Crippen LogP contribution in [0.15, 0.2) is 18.2 Å². The van der Waals surface area contributed by atoms with Gasteiger partial charge in [-0.25, -0.2) is 4.98 Å². The molecule has 0 spiro atoms. The molecule has 0 fully saturated rings. The fraction of sp³-hybridized carbons (Fsp3) is 0.545. The van der Waals surface area contributed by atoms with Crippen molar-refractivity contribution in [3.05, 3.63) is 18.2 Å². The van der Waals surface area contributed by atoms with Crippen molar-refractivity contribution in [2.24, 2.45) is 0 Å². The molecule has 0 unspecified atom stereocenters. The number of halogens is 3. The summed E-state index contributed by atoms with van der Waals surface area (Å²) < 4.78 is 36.6. The Morgan fingerprint density at radius 1 is 1.35 bits per heavy atom. The van der Waals surface area contributed by atoms with Crippen LogP contribution in [-0.4, -0.2) is 31.3 Å². The van der Waals surface area contributed by atoms with Gasteiger partial charge in [-0.2, -0.15) is 13.2 Å². The van der Waals surface area contributed by atoms with Gasteiger partial charge in [0.1, 0.15) is 18.2 Å². The molecule has 0 bridgehead atoms. The summed E-state index contributed by atoms with van der Waals surface area (Å²) in [5.74, 6) is 0.904. The summed E-state index contributed by atoms with van der Waals surface area (Å²) in [6.07, 6.45) is -3.28. The molecule has 1 heterocycles. The highest BCUT2D eigenvalue weighted by Crippen LogP contribution is 2.20. The van der Waals surface area contributed by atoms with E-state index in [-0.39, 0.29) is 0 Å². The van der Waals surface area contributed by atoms with Crippen LogP contribution >= 0.6 is 0 Å². The highest BCUT2D eigenvalue weighted by atomic mass is 19.4. The summed E-state index contributed by atoms with van der Waals surface area (Å²) in [4.78, 5) is 5.19. The first-order valence-corrected chi connectivity index (χ1v) is 5.41. The molecule has 17 heavy (non-hydrogen) atoms. The van der Waals surface area contributed by atoms with Crippen molar-refractivity contribution in [3.8, 4) is 0 Å². The van der Waals surface area contributed by atoms with Crippen LogP contribution in [0.4, 0.5) is 24.8 Å². The van der Waals surface area contributed by atoms with Gasteiger partial charge in [0, 0.05) is 13.6 Å². The van der Waals surface area contributed by atoms with Crippen molar-refractivity contribution >= 4 is 11.6 Å². The minimum atomic E-state index is -4.22. The predicted molar refractivity (Wildman–Crippen MR) is 62.3 cm³/mol. The van der Waals surface area contributed by atoms with E-state index < -0.39 is 12.7 Å². The minimum Gasteiger partial charge on any atom is -0.370 e. The van der Waals surface area contributed by atoms with E-state index in [1.54, 1.807) is 18.2 Å². The second kappa shape index (κ2) is 5.75. The molecule has 1 aromatic rings. The Morgan fingerprint density at radius 2 is 2.06 bits per heavy atom. The average Bonchev–Trinajstić information content (AvgIpc) is 2.24. The molecular formula is C11H16F3N3. The van der Waals surface area contributed by atoms with Gasteiger partial charge >= 0.3 is 6.18 Å². The Bertz CT molecular complexity index is 352. The lowest BCUT2D eigenvalue weighted by Gasteiger charge is -2.20. The van der Waals surface area contributed by atoms with Crippen molar-refractivity contribution in [2.75, 3.05) is 30.4 Å². The molecule has 0 aliphatic heterocycles. The zero-order valence-corrected chi connectivity index (χ0v) is 9.88. The zero-order valence-electron chi connectivity index (χ0n) is 9.88. The highest BCUT2D eigenvalue weighted by molar-refractivity contribution is 5.46. The number of alkyl halides is 3. The molecule has 0 aromatic carbocycles. The molecule has 0 saturated carbocycles. The summed E-state index contributed by atoms with van der Waals surface area (Å²) in [7, 11) is 1.37. The second-order valence-electron chi connectivity index (χ2n) is 3.78. The standard InChI is InChI=1S/C11H16F3N3/c1-3-7-15-9-5-4-6-10(16-9)17(2)8-11(12,13)14/h4-6H,3,7-8H2,1-2H3,(H,15,16). The van der Waals surface area contributed by atoms with Crippen molar-refractivity contribution in [2.45, 2.75) is 19.5 Å². The number of nitrogens with zero attached hydrogens (tertiary/aromatic N) is 2. The number of nitrogens with one attached hydrogen (secondary N) is 1. The second-order valence-corrected chi connectivity index (χ2v) is 3.78. The van der Waals surface area contributed by atoms with E-state index in [0.29, 0.717) is 11.6 Å². The molecule has 0 amide bonds. The normalized spacial score (nSPS) is 11.4. The van der Waals surface area contributed by atoms with E-state index in [1.807, 2.05) is 6.92 Å².